The topological polar surface area (TPSA) is 104 Å². The zero-order valence-electron chi connectivity index (χ0n) is 30.0. The van der Waals surface area contributed by atoms with Gasteiger partial charge in [-0.2, -0.15) is 0 Å². The lowest BCUT2D eigenvalue weighted by Gasteiger charge is -2.50. The monoisotopic (exact) mass is 676 g/mol. The van der Waals surface area contributed by atoms with Gasteiger partial charge in [0, 0.05) is 25.2 Å². The van der Waals surface area contributed by atoms with Gasteiger partial charge in [0.15, 0.2) is 5.79 Å². The maximum atomic E-state index is 14.1. The smallest absolute Gasteiger partial charge is 0.316 e. The predicted octanol–water partition coefficient (Wildman–Crippen LogP) is 6.55. The number of carbonyl (C=O) groups excluding carboxylic acids is 1. The first-order valence-electron chi connectivity index (χ1n) is 18.4. The molecule has 0 radical (unpaired) electrons. The van der Waals surface area contributed by atoms with Gasteiger partial charge in [0.05, 0.1) is 31.0 Å². The molecule has 0 aromatic heterocycles. The molecule has 8 nitrogen and oxygen atoms in total. The van der Waals surface area contributed by atoms with Gasteiger partial charge in [-0.25, -0.2) is 0 Å². The maximum absolute atomic E-state index is 14.1. The summed E-state index contributed by atoms with van der Waals surface area (Å²) in [5.74, 6) is -1.99. The van der Waals surface area contributed by atoms with Crippen LogP contribution < -0.4 is 0 Å². The number of fused-ring (bicyclic) bond motifs is 2. The third-order valence-corrected chi connectivity index (χ3v) is 11.5. The molecule has 6 rings (SSSR count). The number of benzene rings is 1. The van der Waals surface area contributed by atoms with Crippen LogP contribution in [0.1, 0.15) is 85.6 Å². The number of aliphatic hydroxyl groups is 2. The Morgan fingerprint density at radius 2 is 1.86 bits per heavy atom. The van der Waals surface area contributed by atoms with Crippen LogP contribution in [0, 0.1) is 17.8 Å². The Kier molecular flexibility index (Phi) is 11.0. The van der Waals surface area contributed by atoms with Gasteiger partial charge in [-0.05, 0) is 74.7 Å². The molecule has 1 aromatic carbocycles. The molecule has 4 aliphatic heterocycles. The van der Waals surface area contributed by atoms with Crippen molar-refractivity contribution < 1.29 is 38.7 Å². The number of allylic oxidation sites excluding steroid dienone is 2. The van der Waals surface area contributed by atoms with Gasteiger partial charge in [0.25, 0.3) is 0 Å². The van der Waals surface area contributed by atoms with Crippen molar-refractivity contribution in [3.8, 4) is 0 Å². The highest BCUT2D eigenvalue weighted by molar-refractivity contribution is 5.78. The molecule has 8 heteroatoms. The third kappa shape index (κ3) is 7.56. The molecule has 0 saturated carbocycles. The molecule has 3 fully saturated rings. The van der Waals surface area contributed by atoms with Crippen molar-refractivity contribution in [1.29, 1.82) is 0 Å². The normalized spacial score (nSPS) is 43.3. The van der Waals surface area contributed by atoms with E-state index in [4.69, 9.17) is 23.7 Å². The van der Waals surface area contributed by atoms with Gasteiger partial charge in [-0.15, -0.1) is 0 Å². The van der Waals surface area contributed by atoms with Crippen LogP contribution in [-0.4, -0.2) is 76.9 Å². The summed E-state index contributed by atoms with van der Waals surface area (Å²) >= 11 is 0. The second-order valence-corrected chi connectivity index (χ2v) is 15.3. The molecule has 1 spiro atoms. The molecular formula is C41H56O8. The number of hydrogen-bond donors (Lipinski definition) is 2. The molecule has 268 valence electrons. The van der Waals surface area contributed by atoms with Crippen molar-refractivity contribution in [3.63, 3.8) is 0 Å². The number of hydrogen-bond acceptors (Lipinski definition) is 8. The van der Waals surface area contributed by atoms with E-state index < -0.39 is 41.6 Å². The van der Waals surface area contributed by atoms with E-state index in [1.807, 2.05) is 18.2 Å². The van der Waals surface area contributed by atoms with Gasteiger partial charge < -0.3 is 33.9 Å². The van der Waals surface area contributed by atoms with Crippen LogP contribution in [0.15, 0.2) is 77.4 Å². The number of ether oxygens (including phenoxy) is 5. The van der Waals surface area contributed by atoms with Crippen LogP contribution in [0.4, 0.5) is 0 Å². The van der Waals surface area contributed by atoms with Crippen molar-refractivity contribution in [1.82, 2.24) is 0 Å². The third-order valence-electron chi connectivity index (χ3n) is 11.5. The summed E-state index contributed by atoms with van der Waals surface area (Å²) in [7, 11) is 0. The Morgan fingerprint density at radius 3 is 2.61 bits per heavy atom. The standard InChI is InChI=1S/C41H56O8/c1-7-35-25(2)18-19-40(49-35)23-33-22-32(48-40)17-16-27(4)37(46-29(6)21-30-13-9-8-10-14-30)26(3)12-11-15-31-24-45-38-36(42)28(5)20-34(39(43)47-33)41(31,38)44/h8-16,20,25-26,29,32-38,42,44H,7,17-19,21-24H2,1-6H3/b12-11+,27-16+,31-15+/t25-,26-,29?,32+,33-,34-,35+,36+,37+,38+,40+,41+/m0/s1. The highest BCUT2D eigenvalue weighted by atomic mass is 16.7. The number of carbonyl (C=O) groups is 1. The largest absolute Gasteiger partial charge is 0.462 e. The molecular weight excluding hydrogens is 620 g/mol. The minimum Gasteiger partial charge on any atom is -0.462 e. The molecule has 1 aromatic rings. The van der Waals surface area contributed by atoms with E-state index >= 15 is 0 Å². The molecule has 49 heavy (non-hydrogen) atoms. The molecule has 2 N–H and O–H groups in total. The number of esters is 1. The zero-order valence-corrected chi connectivity index (χ0v) is 30.0. The number of aliphatic hydroxyl groups excluding tert-OH is 1. The van der Waals surface area contributed by atoms with Crippen LogP contribution >= 0.6 is 0 Å². The highest BCUT2D eigenvalue weighted by Gasteiger charge is 2.60. The summed E-state index contributed by atoms with van der Waals surface area (Å²) in [6.45, 7) is 12.6. The molecule has 2 bridgehead atoms. The van der Waals surface area contributed by atoms with Gasteiger partial charge in [0.1, 0.15) is 29.8 Å². The van der Waals surface area contributed by atoms with E-state index in [-0.39, 0.29) is 36.9 Å². The molecule has 1 aliphatic carbocycles. The Morgan fingerprint density at radius 1 is 1.08 bits per heavy atom. The summed E-state index contributed by atoms with van der Waals surface area (Å²) in [6, 6.07) is 10.4. The van der Waals surface area contributed by atoms with Crippen molar-refractivity contribution in [2.75, 3.05) is 6.61 Å². The summed E-state index contributed by atoms with van der Waals surface area (Å²) in [5, 5.41) is 23.4. The Bertz CT molecular complexity index is 1450. The van der Waals surface area contributed by atoms with Crippen molar-refractivity contribution >= 4 is 5.97 Å². The quantitative estimate of drug-likeness (QED) is 0.268. The predicted molar refractivity (Wildman–Crippen MR) is 187 cm³/mol. The second kappa shape index (κ2) is 14.9. The molecule has 4 heterocycles. The first-order chi connectivity index (χ1) is 23.4. The van der Waals surface area contributed by atoms with Crippen molar-refractivity contribution in [2.24, 2.45) is 17.8 Å². The minimum absolute atomic E-state index is 0.00770. The van der Waals surface area contributed by atoms with E-state index in [1.165, 1.54) is 5.56 Å². The summed E-state index contributed by atoms with van der Waals surface area (Å²) in [5.41, 5.74) is 1.71. The van der Waals surface area contributed by atoms with Gasteiger partial charge in [-0.1, -0.05) is 81.5 Å². The molecule has 0 amide bonds. The van der Waals surface area contributed by atoms with E-state index in [0.717, 1.165) is 31.3 Å². The van der Waals surface area contributed by atoms with Crippen LogP contribution in [0.5, 0.6) is 0 Å². The lowest BCUT2D eigenvalue weighted by molar-refractivity contribution is -0.335. The fourth-order valence-corrected chi connectivity index (χ4v) is 8.64. The van der Waals surface area contributed by atoms with Crippen LogP contribution in [-0.2, 0) is 34.9 Å². The van der Waals surface area contributed by atoms with E-state index in [1.54, 1.807) is 13.0 Å². The highest BCUT2D eigenvalue weighted by Crippen LogP contribution is 2.47. The first kappa shape index (κ1) is 36.2. The maximum Gasteiger partial charge on any atom is 0.316 e. The molecule has 3 saturated heterocycles. The van der Waals surface area contributed by atoms with Crippen LogP contribution in [0.25, 0.3) is 0 Å². The van der Waals surface area contributed by atoms with Crippen molar-refractivity contribution in [2.45, 2.75) is 141 Å². The average molecular weight is 677 g/mol. The molecule has 12 atom stereocenters. The lowest BCUT2D eigenvalue weighted by atomic mass is 9.71. The Hall–Kier alpha value is -2.59. The molecule has 1 unspecified atom stereocenters. The average Bonchev–Trinajstić information content (AvgIpc) is 3.42. The fourth-order valence-electron chi connectivity index (χ4n) is 8.64. The Balaban J connectivity index is 1.36. The first-order valence-corrected chi connectivity index (χ1v) is 18.4. The SMILES string of the molecule is CC[C@H]1O[C@]2(CC[C@@H]1C)C[C@@H]1C[C@@H](C/C=C(\C)[C@H](OC(C)Cc3ccccc3)[C@@H](C)/C=C/C=C3\CO[C@@H]4[C@H](O)C(C)=C[C@@H](C(=O)O1)[C@]34O)O2. The summed E-state index contributed by atoms with van der Waals surface area (Å²) in [4.78, 5) is 14.1. The number of rotatable bonds is 5. The Labute approximate surface area is 292 Å². The fraction of sp³-hybridized carbons (Fsp3) is 0.634. The summed E-state index contributed by atoms with van der Waals surface area (Å²) < 4.78 is 32.7. The van der Waals surface area contributed by atoms with Gasteiger partial charge in [0.2, 0.25) is 0 Å². The van der Waals surface area contributed by atoms with Crippen LogP contribution in [0.3, 0.4) is 0 Å². The zero-order chi connectivity index (χ0) is 34.9. The lowest BCUT2D eigenvalue weighted by Crippen LogP contribution is -2.58. The van der Waals surface area contributed by atoms with Crippen LogP contribution in [0.2, 0.25) is 0 Å². The van der Waals surface area contributed by atoms with E-state index in [9.17, 15) is 15.0 Å². The van der Waals surface area contributed by atoms with E-state index in [2.05, 4.69) is 71.0 Å². The second-order valence-electron chi connectivity index (χ2n) is 15.3. The summed E-state index contributed by atoms with van der Waals surface area (Å²) in [6.07, 6.45) is 11.7. The van der Waals surface area contributed by atoms with Gasteiger partial charge in [-0.3, -0.25) is 4.79 Å². The molecule has 5 aliphatic rings. The van der Waals surface area contributed by atoms with Crippen molar-refractivity contribution in [3.05, 3.63) is 83.0 Å². The van der Waals surface area contributed by atoms with E-state index in [0.29, 0.717) is 36.3 Å². The minimum atomic E-state index is -1.75. The van der Waals surface area contributed by atoms with Gasteiger partial charge >= 0.3 is 5.97 Å².